The first-order valence-electron chi connectivity index (χ1n) is 6.45. The van der Waals surface area contributed by atoms with E-state index in [1.165, 1.54) is 0 Å². The number of hydrogen-bond donors (Lipinski definition) is 2. The second-order valence-electron chi connectivity index (χ2n) is 4.64. The minimum atomic E-state index is -0.316. The summed E-state index contributed by atoms with van der Waals surface area (Å²) in [7, 11) is 0. The summed E-state index contributed by atoms with van der Waals surface area (Å²) in [5.74, 6) is 6.09. The summed E-state index contributed by atoms with van der Waals surface area (Å²) in [4.78, 5) is 11.2. The molecule has 0 atom stereocenters. The molecule has 5 nitrogen and oxygen atoms in total. The highest BCUT2D eigenvalue weighted by molar-refractivity contribution is 5.93. The minimum Gasteiger partial charge on any atom is -0.491 e. The lowest BCUT2D eigenvalue weighted by Crippen LogP contribution is -2.29. The Balaban J connectivity index is 2.21. The third kappa shape index (κ3) is 6.22. The molecule has 0 spiro atoms. The molecule has 3 N–H and O–H groups in total. The quantitative estimate of drug-likeness (QED) is 0.325. The number of hydrogen-bond acceptors (Lipinski definition) is 4. The number of amides is 1. The maximum absolute atomic E-state index is 11.2. The monoisotopic (exact) mass is 266 g/mol. The molecule has 1 amide bonds. The number of nitrogens with one attached hydrogen (secondary N) is 1. The van der Waals surface area contributed by atoms with Crippen LogP contribution < -0.4 is 16.0 Å². The van der Waals surface area contributed by atoms with Gasteiger partial charge >= 0.3 is 0 Å². The molecule has 0 bridgehead atoms. The van der Waals surface area contributed by atoms with E-state index >= 15 is 0 Å². The molecule has 0 aliphatic heterocycles. The zero-order valence-corrected chi connectivity index (χ0v) is 11.5. The lowest BCUT2D eigenvalue weighted by atomic mass is 10.1. The first-order chi connectivity index (χ1) is 9.13. The van der Waals surface area contributed by atoms with Gasteiger partial charge in [0.1, 0.15) is 12.4 Å². The molecule has 0 radical (unpaired) electrons. The number of nitrogen functional groups attached to an aromatic ring is 1. The minimum absolute atomic E-state index is 0.316. The van der Waals surface area contributed by atoms with Gasteiger partial charge in [0.25, 0.3) is 5.91 Å². The average Bonchev–Trinajstić information content (AvgIpc) is 2.42. The van der Waals surface area contributed by atoms with Gasteiger partial charge in [-0.15, -0.1) is 0 Å². The lowest BCUT2D eigenvalue weighted by Gasteiger charge is -2.08. The van der Waals surface area contributed by atoms with Crippen LogP contribution >= 0.6 is 0 Å². The Bertz CT molecular complexity index is 377. The molecule has 0 heterocycles. The van der Waals surface area contributed by atoms with Crippen LogP contribution in [0.25, 0.3) is 0 Å². The van der Waals surface area contributed by atoms with Gasteiger partial charge < -0.3 is 9.47 Å². The summed E-state index contributed by atoms with van der Waals surface area (Å²) < 4.78 is 10.9. The summed E-state index contributed by atoms with van der Waals surface area (Å²) >= 11 is 0. The van der Waals surface area contributed by atoms with Gasteiger partial charge in [0, 0.05) is 12.2 Å². The largest absolute Gasteiger partial charge is 0.491 e. The summed E-state index contributed by atoms with van der Waals surface area (Å²) in [6.45, 7) is 6.16. The van der Waals surface area contributed by atoms with E-state index in [1.54, 1.807) is 24.3 Å². The maximum Gasteiger partial charge on any atom is 0.265 e. The van der Waals surface area contributed by atoms with Crippen molar-refractivity contribution in [3.05, 3.63) is 29.8 Å². The van der Waals surface area contributed by atoms with Crippen molar-refractivity contribution in [2.24, 2.45) is 11.8 Å². The predicted molar refractivity (Wildman–Crippen MR) is 73.9 cm³/mol. The van der Waals surface area contributed by atoms with Crippen molar-refractivity contribution < 1.29 is 14.3 Å². The summed E-state index contributed by atoms with van der Waals surface area (Å²) in [6, 6.07) is 6.80. The number of benzene rings is 1. The molecule has 106 valence electrons. The van der Waals surface area contributed by atoms with Crippen LogP contribution in [0.1, 0.15) is 30.6 Å². The summed E-state index contributed by atoms with van der Waals surface area (Å²) in [5.41, 5.74) is 2.58. The summed E-state index contributed by atoms with van der Waals surface area (Å²) in [6.07, 6.45) is 1.06. The zero-order chi connectivity index (χ0) is 14.1. The van der Waals surface area contributed by atoms with Crippen LogP contribution in [-0.2, 0) is 4.74 Å². The second-order valence-corrected chi connectivity index (χ2v) is 4.64. The highest BCUT2D eigenvalue weighted by atomic mass is 16.5. The van der Waals surface area contributed by atoms with Crippen molar-refractivity contribution in [1.82, 2.24) is 5.43 Å². The van der Waals surface area contributed by atoms with Crippen molar-refractivity contribution in [3.8, 4) is 5.75 Å². The second kappa shape index (κ2) is 8.50. The Morgan fingerprint density at radius 3 is 2.47 bits per heavy atom. The number of ether oxygens (including phenoxy) is 2. The van der Waals surface area contributed by atoms with Crippen LogP contribution in [0.4, 0.5) is 0 Å². The van der Waals surface area contributed by atoms with Gasteiger partial charge in [-0.25, -0.2) is 5.84 Å². The van der Waals surface area contributed by atoms with Gasteiger partial charge in [-0.05, 0) is 36.6 Å². The Labute approximate surface area is 114 Å². The van der Waals surface area contributed by atoms with Crippen molar-refractivity contribution >= 4 is 5.91 Å². The van der Waals surface area contributed by atoms with Gasteiger partial charge in [-0.1, -0.05) is 13.8 Å². The van der Waals surface area contributed by atoms with Crippen molar-refractivity contribution in [2.45, 2.75) is 20.3 Å². The van der Waals surface area contributed by atoms with Gasteiger partial charge in [-0.2, -0.15) is 0 Å². The SMILES string of the molecule is CC(C)CCOCCOc1ccc(C(=O)NN)cc1. The van der Waals surface area contributed by atoms with E-state index in [0.717, 1.165) is 13.0 Å². The molecule has 1 aromatic carbocycles. The van der Waals surface area contributed by atoms with Gasteiger partial charge in [0.15, 0.2) is 0 Å². The first-order valence-corrected chi connectivity index (χ1v) is 6.45. The van der Waals surface area contributed by atoms with E-state index in [1.807, 2.05) is 0 Å². The smallest absolute Gasteiger partial charge is 0.265 e. The number of hydrazine groups is 1. The van der Waals surface area contributed by atoms with Gasteiger partial charge in [-0.3, -0.25) is 10.2 Å². The van der Waals surface area contributed by atoms with E-state index in [-0.39, 0.29) is 5.91 Å². The number of carbonyl (C=O) groups is 1. The molecule has 0 aliphatic rings. The molecule has 1 rings (SSSR count). The summed E-state index contributed by atoms with van der Waals surface area (Å²) in [5, 5.41) is 0. The molecule has 0 aliphatic carbocycles. The van der Waals surface area contributed by atoms with Gasteiger partial charge in [0.05, 0.1) is 6.61 Å². The number of carbonyl (C=O) groups excluding carboxylic acids is 1. The average molecular weight is 266 g/mol. The Morgan fingerprint density at radius 2 is 1.89 bits per heavy atom. The van der Waals surface area contributed by atoms with E-state index < -0.39 is 0 Å². The standard InChI is InChI=1S/C14H22N2O3/c1-11(2)7-8-18-9-10-19-13-5-3-12(4-6-13)14(17)16-15/h3-6,11H,7-10,15H2,1-2H3,(H,16,17). The van der Waals surface area contributed by atoms with Crippen LogP contribution in [0, 0.1) is 5.92 Å². The first kappa shape index (κ1) is 15.5. The molecule has 0 fully saturated rings. The van der Waals surface area contributed by atoms with E-state index in [9.17, 15) is 4.79 Å². The van der Waals surface area contributed by atoms with Crippen molar-refractivity contribution in [1.29, 1.82) is 0 Å². The molecule has 0 saturated heterocycles. The molecule has 1 aromatic rings. The number of nitrogens with two attached hydrogens (primary N) is 1. The molecular formula is C14H22N2O3. The highest BCUT2D eigenvalue weighted by Gasteiger charge is 2.02. The molecule has 0 aromatic heterocycles. The fourth-order valence-electron chi connectivity index (χ4n) is 1.43. The number of rotatable bonds is 8. The van der Waals surface area contributed by atoms with E-state index in [2.05, 4.69) is 19.3 Å². The van der Waals surface area contributed by atoms with Crippen LogP contribution in [0.2, 0.25) is 0 Å². The van der Waals surface area contributed by atoms with Crippen LogP contribution in [0.3, 0.4) is 0 Å². The zero-order valence-electron chi connectivity index (χ0n) is 11.5. The fraction of sp³-hybridized carbons (Fsp3) is 0.500. The molecule has 19 heavy (non-hydrogen) atoms. The Kier molecular flexibility index (Phi) is 6.92. The van der Waals surface area contributed by atoms with Crippen molar-refractivity contribution in [2.75, 3.05) is 19.8 Å². The fourth-order valence-corrected chi connectivity index (χ4v) is 1.43. The van der Waals surface area contributed by atoms with E-state index in [0.29, 0.717) is 30.4 Å². The topological polar surface area (TPSA) is 73.6 Å². The van der Waals surface area contributed by atoms with Gasteiger partial charge in [0.2, 0.25) is 0 Å². The molecular weight excluding hydrogens is 244 g/mol. The molecule has 5 heteroatoms. The van der Waals surface area contributed by atoms with E-state index in [4.69, 9.17) is 15.3 Å². The lowest BCUT2D eigenvalue weighted by molar-refractivity contribution is 0.0924. The molecule has 0 saturated carbocycles. The maximum atomic E-state index is 11.2. The highest BCUT2D eigenvalue weighted by Crippen LogP contribution is 2.11. The molecule has 0 unspecified atom stereocenters. The van der Waals surface area contributed by atoms with Crippen LogP contribution in [-0.4, -0.2) is 25.7 Å². The Morgan fingerprint density at radius 1 is 1.21 bits per heavy atom. The normalized spacial score (nSPS) is 10.5. The van der Waals surface area contributed by atoms with Crippen molar-refractivity contribution in [3.63, 3.8) is 0 Å². The third-order valence-electron chi connectivity index (χ3n) is 2.58. The van der Waals surface area contributed by atoms with Crippen LogP contribution in [0.5, 0.6) is 5.75 Å². The third-order valence-corrected chi connectivity index (χ3v) is 2.58. The van der Waals surface area contributed by atoms with Crippen LogP contribution in [0.15, 0.2) is 24.3 Å². The predicted octanol–water partition coefficient (Wildman–Crippen LogP) is 1.73. The Hall–Kier alpha value is -1.59.